The number of alkyl halides is 3. The zero-order valence-electron chi connectivity index (χ0n) is 12.0. The molecule has 1 saturated heterocycles. The Kier molecular flexibility index (Phi) is 4.22. The molecule has 0 radical (unpaired) electrons. The van der Waals surface area contributed by atoms with E-state index in [1.807, 2.05) is 4.90 Å². The van der Waals surface area contributed by atoms with Gasteiger partial charge in [-0.05, 0) is 32.9 Å². The SMILES string of the molecule is CC(C)N1CCN(c2ccc(C(F)(F)F)cn2)CC1C. The van der Waals surface area contributed by atoms with Crippen LogP contribution in [0, 0.1) is 0 Å². The Morgan fingerprint density at radius 1 is 1.25 bits per heavy atom. The number of nitrogens with zero attached hydrogens (tertiary/aromatic N) is 3. The summed E-state index contributed by atoms with van der Waals surface area (Å²) in [6.07, 6.45) is -3.41. The van der Waals surface area contributed by atoms with Crippen molar-refractivity contribution in [3.63, 3.8) is 0 Å². The van der Waals surface area contributed by atoms with Gasteiger partial charge in [0, 0.05) is 37.9 Å². The lowest BCUT2D eigenvalue weighted by Crippen LogP contribution is -2.54. The van der Waals surface area contributed by atoms with Crippen LogP contribution in [0.15, 0.2) is 18.3 Å². The lowest BCUT2D eigenvalue weighted by molar-refractivity contribution is -0.137. The first-order chi connectivity index (χ1) is 9.29. The van der Waals surface area contributed by atoms with Gasteiger partial charge in [-0.1, -0.05) is 0 Å². The molecule has 1 aliphatic heterocycles. The van der Waals surface area contributed by atoms with Crippen LogP contribution in [0.1, 0.15) is 26.3 Å². The summed E-state index contributed by atoms with van der Waals surface area (Å²) in [6, 6.07) is 3.41. The van der Waals surface area contributed by atoms with E-state index in [1.54, 1.807) is 0 Å². The van der Waals surface area contributed by atoms with E-state index < -0.39 is 11.7 Å². The molecule has 1 fully saturated rings. The Balaban J connectivity index is 2.07. The molecule has 1 unspecified atom stereocenters. The molecule has 2 heterocycles. The number of aromatic nitrogens is 1. The van der Waals surface area contributed by atoms with E-state index in [0.29, 0.717) is 17.9 Å². The van der Waals surface area contributed by atoms with E-state index in [-0.39, 0.29) is 0 Å². The standard InChI is InChI=1S/C14H20F3N3/c1-10(2)20-7-6-19(9-11(20)3)13-5-4-12(8-18-13)14(15,16)17/h4-5,8,10-11H,6-7,9H2,1-3H3. The van der Waals surface area contributed by atoms with E-state index in [0.717, 1.165) is 31.9 Å². The van der Waals surface area contributed by atoms with Crippen molar-refractivity contribution in [1.82, 2.24) is 9.88 Å². The minimum absolute atomic E-state index is 0.368. The lowest BCUT2D eigenvalue weighted by atomic mass is 10.1. The third kappa shape index (κ3) is 3.23. The summed E-state index contributed by atoms with van der Waals surface area (Å²) < 4.78 is 37.5. The molecule has 0 N–H and O–H groups in total. The van der Waals surface area contributed by atoms with Crippen molar-refractivity contribution in [3.8, 4) is 0 Å². The van der Waals surface area contributed by atoms with Crippen LogP contribution in [-0.2, 0) is 6.18 Å². The van der Waals surface area contributed by atoms with Gasteiger partial charge < -0.3 is 4.90 Å². The maximum atomic E-state index is 12.5. The fourth-order valence-corrected chi connectivity index (χ4v) is 2.69. The van der Waals surface area contributed by atoms with Gasteiger partial charge in [0.15, 0.2) is 0 Å². The van der Waals surface area contributed by atoms with Gasteiger partial charge in [-0.2, -0.15) is 13.2 Å². The quantitative estimate of drug-likeness (QED) is 0.833. The molecule has 0 saturated carbocycles. The van der Waals surface area contributed by atoms with Gasteiger partial charge >= 0.3 is 6.18 Å². The average molecular weight is 287 g/mol. The fraction of sp³-hybridized carbons (Fsp3) is 0.643. The highest BCUT2D eigenvalue weighted by molar-refractivity contribution is 5.40. The van der Waals surface area contributed by atoms with E-state index >= 15 is 0 Å². The monoisotopic (exact) mass is 287 g/mol. The van der Waals surface area contributed by atoms with Gasteiger partial charge in [0.1, 0.15) is 5.82 Å². The van der Waals surface area contributed by atoms with Gasteiger partial charge in [-0.3, -0.25) is 4.90 Å². The molecule has 6 heteroatoms. The Hall–Kier alpha value is -1.30. The summed E-state index contributed by atoms with van der Waals surface area (Å²) in [7, 11) is 0. The second-order valence-electron chi connectivity index (χ2n) is 5.53. The summed E-state index contributed by atoms with van der Waals surface area (Å²) in [4.78, 5) is 8.40. The van der Waals surface area contributed by atoms with Crippen molar-refractivity contribution in [2.45, 2.75) is 39.0 Å². The predicted molar refractivity (Wildman–Crippen MR) is 72.8 cm³/mol. The average Bonchev–Trinajstić information content (AvgIpc) is 2.37. The number of piperazine rings is 1. The number of rotatable bonds is 2. The highest BCUT2D eigenvalue weighted by Gasteiger charge is 2.31. The molecule has 2 rings (SSSR count). The number of pyridine rings is 1. The summed E-state index contributed by atoms with van der Waals surface area (Å²) >= 11 is 0. The largest absolute Gasteiger partial charge is 0.417 e. The highest BCUT2D eigenvalue weighted by Crippen LogP contribution is 2.29. The van der Waals surface area contributed by atoms with Gasteiger partial charge in [0.25, 0.3) is 0 Å². The lowest BCUT2D eigenvalue weighted by Gasteiger charge is -2.42. The van der Waals surface area contributed by atoms with Crippen LogP contribution in [-0.4, -0.2) is 41.6 Å². The first kappa shape index (κ1) is 15.1. The van der Waals surface area contributed by atoms with Crippen molar-refractivity contribution in [1.29, 1.82) is 0 Å². The second kappa shape index (κ2) is 5.60. The third-order valence-electron chi connectivity index (χ3n) is 3.74. The Bertz CT molecular complexity index is 442. The van der Waals surface area contributed by atoms with Crippen LogP contribution in [0.25, 0.3) is 0 Å². The van der Waals surface area contributed by atoms with E-state index in [2.05, 4.69) is 30.7 Å². The molecular formula is C14H20F3N3. The molecule has 3 nitrogen and oxygen atoms in total. The number of anilines is 1. The van der Waals surface area contributed by atoms with Gasteiger partial charge in [-0.15, -0.1) is 0 Å². The number of hydrogen-bond acceptors (Lipinski definition) is 3. The van der Waals surface area contributed by atoms with E-state index in [1.165, 1.54) is 6.07 Å². The van der Waals surface area contributed by atoms with Crippen LogP contribution in [0.4, 0.5) is 19.0 Å². The Morgan fingerprint density at radius 2 is 1.95 bits per heavy atom. The van der Waals surface area contributed by atoms with Gasteiger partial charge in [0.05, 0.1) is 5.56 Å². The van der Waals surface area contributed by atoms with Crippen LogP contribution >= 0.6 is 0 Å². The first-order valence-electron chi connectivity index (χ1n) is 6.83. The van der Waals surface area contributed by atoms with E-state index in [4.69, 9.17) is 0 Å². The van der Waals surface area contributed by atoms with Crippen molar-refractivity contribution in [2.75, 3.05) is 24.5 Å². The fourth-order valence-electron chi connectivity index (χ4n) is 2.69. The van der Waals surface area contributed by atoms with E-state index in [9.17, 15) is 13.2 Å². The van der Waals surface area contributed by atoms with Gasteiger partial charge in [0.2, 0.25) is 0 Å². The van der Waals surface area contributed by atoms with Crippen LogP contribution in [0.3, 0.4) is 0 Å². The van der Waals surface area contributed by atoms with Crippen molar-refractivity contribution < 1.29 is 13.2 Å². The zero-order valence-corrected chi connectivity index (χ0v) is 12.0. The summed E-state index contributed by atoms with van der Waals surface area (Å²) in [5.41, 5.74) is -0.699. The van der Waals surface area contributed by atoms with Gasteiger partial charge in [-0.25, -0.2) is 4.98 Å². The van der Waals surface area contributed by atoms with Crippen molar-refractivity contribution in [2.24, 2.45) is 0 Å². The second-order valence-corrected chi connectivity index (χ2v) is 5.53. The summed E-state index contributed by atoms with van der Waals surface area (Å²) in [6.45, 7) is 8.93. The molecule has 1 atom stereocenters. The molecule has 112 valence electrons. The summed E-state index contributed by atoms with van der Waals surface area (Å²) in [5.74, 6) is 0.619. The Labute approximate surface area is 117 Å². The predicted octanol–water partition coefficient (Wildman–Crippen LogP) is 3.02. The van der Waals surface area contributed by atoms with Crippen molar-refractivity contribution in [3.05, 3.63) is 23.9 Å². The molecule has 0 spiro atoms. The van der Waals surface area contributed by atoms with Crippen LogP contribution < -0.4 is 4.90 Å². The molecule has 1 aromatic heterocycles. The van der Waals surface area contributed by atoms with Crippen LogP contribution in [0.5, 0.6) is 0 Å². The maximum absolute atomic E-state index is 12.5. The number of halogens is 3. The third-order valence-corrected chi connectivity index (χ3v) is 3.74. The molecule has 20 heavy (non-hydrogen) atoms. The van der Waals surface area contributed by atoms with Crippen molar-refractivity contribution >= 4 is 5.82 Å². The molecule has 0 aromatic carbocycles. The molecule has 1 aliphatic rings. The molecule has 0 bridgehead atoms. The molecule has 0 aliphatic carbocycles. The maximum Gasteiger partial charge on any atom is 0.417 e. The highest BCUT2D eigenvalue weighted by atomic mass is 19.4. The molecule has 0 amide bonds. The minimum atomic E-state index is -4.32. The zero-order chi connectivity index (χ0) is 14.9. The Morgan fingerprint density at radius 3 is 2.40 bits per heavy atom. The topological polar surface area (TPSA) is 19.4 Å². The van der Waals surface area contributed by atoms with Crippen LogP contribution in [0.2, 0.25) is 0 Å². The first-order valence-corrected chi connectivity index (χ1v) is 6.83. The summed E-state index contributed by atoms with van der Waals surface area (Å²) in [5, 5.41) is 0. The minimum Gasteiger partial charge on any atom is -0.354 e. The number of hydrogen-bond donors (Lipinski definition) is 0. The molecule has 1 aromatic rings. The normalized spacial score (nSPS) is 21.6. The molecular weight excluding hydrogens is 267 g/mol. The smallest absolute Gasteiger partial charge is 0.354 e.